The van der Waals surface area contributed by atoms with Crippen LogP contribution in [0.1, 0.15) is 25.7 Å². The molecule has 0 aromatic rings. The van der Waals surface area contributed by atoms with E-state index in [9.17, 15) is 17.7 Å². The SMILES string of the molecule is FOCCCCCC(F)(F)F. The lowest BCUT2D eigenvalue weighted by atomic mass is 10.2. The molecule has 68 valence electrons. The number of alkyl halides is 3. The lowest BCUT2D eigenvalue weighted by Crippen LogP contribution is -2.06. The molecule has 0 aliphatic rings. The zero-order valence-electron chi connectivity index (χ0n) is 5.96. The van der Waals surface area contributed by atoms with Crippen LogP contribution in [0.5, 0.6) is 0 Å². The Morgan fingerprint density at radius 3 is 2.09 bits per heavy atom. The van der Waals surface area contributed by atoms with Gasteiger partial charge >= 0.3 is 6.18 Å². The summed E-state index contributed by atoms with van der Waals surface area (Å²) in [5, 5.41) is 0. The van der Waals surface area contributed by atoms with Crippen molar-refractivity contribution in [3.8, 4) is 0 Å². The van der Waals surface area contributed by atoms with Gasteiger partial charge in [-0.1, -0.05) is 6.42 Å². The van der Waals surface area contributed by atoms with E-state index < -0.39 is 12.6 Å². The Balaban J connectivity index is 3.02. The summed E-state index contributed by atoms with van der Waals surface area (Å²) in [6.45, 7) is -0.113. The maximum absolute atomic E-state index is 11.5. The highest BCUT2D eigenvalue weighted by Crippen LogP contribution is 2.22. The molecule has 0 spiro atoms. The summed E-state index contributed by atoms with van der Waals surface area (Å²) in [4.78, 5) is 3.19. The second kappa shape index (κ2) is 5.35. The van der Waals surface area contributed by atoms with Crippen molar-refractivity contribution in [2.45, 2.75) is 31.9 Å². The lowest BCUT2D eigenvalue weighted by molar-refractivity contribution is -0.140. The Labute approximate surface area is 62.2 Å². The summed E-state index contributed by atoms with van der Waals surface area (Å²) < 4.78 is 45.3. The smallest absolute Gasteiger partial charge is 0.194 e. The first kappa shape index (κ1) is 10.7. The fourth-order valence-electron chi connectivity index (χ4n) is 0.659. The van der Waals surface area contributed by atoms with Crippen LogP contribution in [0.3, 0.4) is 0 Å². The highest BCUT2D eigenvalue weighted by Gasteiger charge is 2.25. The summed E-state index contributed by atoms with van der Waals surface area (Å²) in [7, 11) is 0. The minimum absolute atomic E-state index is 0.0485. The maximum atomic E-state index is 11.5. The van der Waals surface area contributed by atoms with Gasteiger partial charge in [0.1, 0.15) is 0 Å². The van der Waals surface area contributed by atoms with Gasteiger partial charge in [-0.15, -0.1) is 0 Å². The van der Waals surface area contributed by atoms with E-state index in [-0.39, 0.29) is 13.0 Å². The van der Waals surface area contributed by atoms with E-state index in [1.807, 2.05) is 0 Å². The fourth-order valence-corrected chi connectivity index (χ4v) is 0.659. The van der Waals surface area contributed by atoms with Crippen molar-refractivity contribution >= 4 is 0 Å². The summed E-state index contributed by atoms with van der Waals surface area (Å²) >= 11 is 0. The van der Waals surface area contributed by atoms with Gasteiger partial charge < -0.3 is 0 Å². The first-order valence-corrected chi connectivity index (χ1v) is 3.36. The van der Waals surface area contributed by atoms with E-state index in [0.29, 0.717) is 12.8 Å². The quantitative estimate of drug-likeness (QED) is 0.459. The Morgan fingerprint density at radius 2 is 1.64 bits per heavy atom. The second-order valence-electron chi connectivity index (χ2n) is 2.24. The van der Waals surface area contributed by atoms with Crippen molar-refractivity contribution in [1.29, 1.82) is 0 Å². The summed E-state index contributed by atoms with van der Waals surface area (Å²) in [5.41, 5.74) is 0. The molecule has 1 nitrogen and oxygen atoms in total. The van der Waals surface area contributed by atoms with E-state index in [0.717, 1.165) is 0 Å². The van der Waals surface area contributed by atoms with Crippen LogP contribution in [0.2, 0.25) is 0 Å². The predicted octanol–water partition coefficient (Wildman–Crippen LogP) is 3.01. The monoisotopic (exact) mass is 174 g/mol. The number of hydrogen-bond donors (Lipinski definition) is 0. The van der Waals surface area contributed by atoms with Crippen molar-refractivity contribution in [2.75, 3.05) is 6.61 Å². The molecule has 0 saturated carbocycles. The van der Waals surface area contributed by atoms with Gasteiger partial charge in [0.15, 0.2) is 0 Å². The van der Waals surface area contributed by atoms with Gasteiger partial charge in [0, 0.05) is 6.42 Å². The maximum Gasteiger partial charge on any atom is 0.389 e. The summed E-state index contributed by atoms with van der Waals surface area (Å²) in [6, 6.07) is 0. The Hall–Kier alpha value is -0.320. The molecule has 5 heteroatoms. The molecule has 0 heterocycles. The van der Waals surface area contributed by atoms with E-state index in [1.54, 1.807) is 0 Å². The van der Waals surface area contributed by atoms with Crippen LogP contribution in [-0.2, 0) is 4.94 Å². The van der Waals surface area contributed by atoms with Crippen molar-refractivity contribution in [1.82, 2.24) is 0 Å². The zero-order valence-corrected chi connectivity index (χ0v) is 5.96. The number of halogens is 4. The molecule has 0 fully saturated rings. The molecule has 0 aliphatic heterocycles. The van der Waals surface area contributed by atoms with Gasteiger partial charge in [0.05, 0.1) is 6.61 Å². The molecule has 0 amide bonds. The molecule has 0 aliphatic carbocycles. The Kier molecular flexibility index (Phi) is 5.19. The van der Waals surface area contributed by atoms with Gasteiger partial charge in [-0.3, -0.25) is 0 Å². The van der Waals surface area contributed by atoms with E-state index in [2.05, 4.69) is 4.94 Å². The topological polar surface area (TPSA) is 9.23 Å². The molecule has 0 radical (unpaired) electrons. The average molecular weight is 174 g/mol. The van der Waals surface area contributed by atoms with Crippen LogP contribution < -0.4 is 0 Å². The molecule has 0 bridgehead atoms. The normalized spacial score (nSPS) is 12.0. The van der Waals surface area contributed by atoms with Crippen molar-refractivity contribution in [2.24, 2.45) is 0 Å². The molecule has 0 aromatic heterocycles. The highest BCUT2D eigenvalue weighted by molar-refractivity contribution is 4.50. The third kappa shape index (κ3) is 9.68. The zero-order chi connectivity index (χ0) is 8.74. The van der Waals surface area contributed by atoms with Gasteiger partial charge in [0.2, 0.25) is 0 Å². The van der Waals surface area contributed by atoms with Gasteiger partial charge in [-0.2, -0.15) is 18.1 Å². The van der Waals surface area contributed by atoms with E-state index >= 15 is 0 Å². The molecular formula is C6H10F4O. The van der Waals surface area contributed by atoms with Crippen LogP contribution in [0.15, 0.2) is 0 Å². The van der Waals surface area contributed by atoms with Crippen LogP contribution in [0.25, 0.3) is 0 Å². The van der Waals surface area contributed by atoms with E-state index in [4.69, 9.17) is 0 Å². The van der Waals surface area contributed by atoms with Crippen LogP contribution in [0, 0.1) is 0 Å². The molecule has 0 rings (SSSR count). The van der Waals surface area contributed by atoms with Crippen LogP contribution in [-0.4, -0.2) is 12.8 Å². The summed E-state index contributed by atoms with van der Waals surface area (Å²) in [5.74, 6) is 0. The van der Waals surface area contributed by atoms with E-state index in [1.165, 1.54) is 0 Å². The molecule has 0 unspecified atom stereocenters. The largest absolute Gasteiger partial charge is 0.389 e. The van der Waals surface area contributed by atoms with Crippen LogP contribution >= 0.6 is 0 Å². The van der Waals surface area contributed by atoms with Crippen molar-refractivity contribution in [3.63, 3.8) is 0 Å². The molecule has 0 N–H and O–H groups in total. The Morgan fingerprint density at radius 1 is 1.00 bits per heavy atom. The number of unbranched alkanes of at least 4 members (excludes halogenated alkanes) is 2. The molecule has 0 atom stereocenters. The fraction of sp³-hybridized carbons (Fsp3) is 1.00. The van der Waals surface area contributed by atoms with Crippen molar-refractivity contribution in [3.05, 3.63) is 0 Å². The minimum Gasteiger partial charge on any atom is -0.194 e. The number of hydrogen-bond acceptors (Lipinski definition) is 1. The molecular weight excluding hydrogens is 164 g/mol. The third-order valence-electron chi connectivity index (χ3n) is 1.18. The average Bonchev–Trinajstić information content (AvgIpc) is 1.85. The standard InChI is InChI=1S/C6H10F4O/c7-6(8,9)4-2-1-3-5-11-10/h1-5H2. The van der Waals surface area contributed by atoms with Crippen LogP contribution in [0.4, 0.5) is 17.7 Å². The van der Waals surface area contributed by atoms with Gasteiger partial charge in [-0.25, -0.2) is 0 Å². The highest BCUT2D eigenvalue weighted by atomic mass is 19.4. The molecule has 0 saturated heterocycles. The second-order valence-corrected chi connectivity index (χ2v) is 2.24. The van der Waals surface area contributed by atoms with Gasteiger partial charge in [0.25, 0.3) is 0 Å². The summed E-state index contributed by atoms with van der Waals surface area (Å²) in [6.07, 6.45) is -4.14. The third-order valence-corrected chi connectivity index (χ3v) is 1.18. The first-order valence-electron chi connectivity index (χ1n) is 3.36. The lowest BCUT2D eigenvalue weighted by Gasteiger charge is -2.04. The van der Waals surface area contributed by atoms with Gasteiger partial charge in [-0.05, 0) is 17.4 Å². The molecule has 0 aromatic carbocycles. The number of rotatable bonds is 5. The molecule has 11 heavy (non-hydrogen) atoms. The first-order chi connectivity index (χ1) is 5.06. The minimum atomic E-state index is -4.09. The van der Waals surface area contributed by atoms with Crippen molar-refractivity contribution < 1.29 is 22.6 Å². The Bertz CT molecular complexity index is 91.1. The predicted molar refractivity (Wildman–Crippen MR) is 31.6 cm³/mol.